The molecule has 0 amide bonds. The largest absolute Gasteiger partial charge is 0.497 e. The number of benzene rings is 1. The molecule has 0 spiro atoms. The van der Waals surface area contributed by atoms with E-state index in [4.69, 9.17) is 17.0 Å². The van der Waals surface area contributed by atoms with Crippen LogP contribution in [0.5, 0.6) is 5.75 Å². The van der Waals surface area contributed by atoms with Crippen LogP contribution >= 0.6 is 12.2 Å². The number of ether oxygens (including phenoxy) is 1. The average Bonchev–Trinajstić information content (AvgIpc) is 2.37. The zero-order chi connectivity index (χ0) is 13.4. The van der Waals surface area contributed by atoms with Gasteiger partial charge in [0.1, 0.15) is 5.75 Å². The Morgan fingerprint density at radius 2 is 2.11 bits per heavy atom. The van der Waals surface area contributed by atoms with Crippen molar-refractivity contribution in [2.75, 3.05) is 13.7 Å². The summed E-state index contributed by atoms with van der Waals surface area (Å²) in [6.45, 7) is 6.34. The summed E-state index contributed by atoms with van der Waals surface area (Å²) in [6, 6.07) is 7.57. The summed E-state index contributed by atoms with van der Waals surface area (Å²) < 4.78 is 5.07. The van der Waals surface area contributed by atoms with E-state index < -0.39 is 0 Å². The third-order valence-corrected chi connectivity index (χ3v) is 2.28. The first-order chi connectivity index (χ1) is 8.61. The molecule has 18 heavy (non-hydrogen) atoms. The summed E-state index contributed by atoms with van der Waals surface area (Å²) in [4.78, 5) is 0. The molecular formula is C13H17N3OS. The highest BCUT2D eigenvalue weighted by Gasteiger charge is 1.93. The van der Waals surface area contributed by atoms with Crippen molar-refractivity contribution < 1.29 is 4.74 Å². The number of hydrazone groups is 1. The Hall–Kier alpha value is -1.88. The molecule has 0 bridgehead atoms. The molecule has 0 fully saturated rings. The van der Waals surface area contributed by atoms with Crippen LogP contribution in [0.1, 0.15) is 12.5 Å². The van der Waals surface area contributed by atoms with Gasteiger partial charge >= 0.3 is 0 Å². The van der Waals surface area contributed by atoms with Crippen LogP contribution in [0.15, 0.2) is 41.5 Å². The molecule has 0 saturated heterocycles. The monoisotopic (exact) mass is 263 g/mol. The average molecular weight is 263 g/mol. The highest BCUT2D eigenvalue weighted by Crippen LogP contribution is 2.09. The molecule has 1 aromatic rings. The molecule has 1 rings (SSSR count). The lowest BCUT2D eigenvalue weighted by molar-refractivity contribution is 0.415. The van der Waals surface area contributed by atoms with Crippen LogP contribution in [0.4, 0.5) is 0 Å². The maximum atomic E-state index is 5.07. The lowest BCUT2D eigenvalue weighted by atomic mass is 10.2. The van der Waals surface area contributed by atoms with E-state index in [-0.39, 0.29) is 0 Å². The van der Waals surface area contributed by atoms with Gasteiger partial charge in [-0.05, 0) is 49.0 Å². The second-order valence-electron chi connectivity index (χ2n) is 3.78. The first-order valence-corrected chi connectivity index (χ1v) is 5.88. The summed E-state index contributed by atoms with van der Waals surface area (Å²) in [7, 11) is 1.64. The van der Waals surface area contributed by atoms with Crippen molar-refractivity contribution in [1.82, 2.24) is 10.7 Å². The predicted molar refractivity (Wildman–Crippen MR) is 79.1 cm³/mol. The van der Waals surface area contributed by atoms with Crippen molar-refractivity contribution in [3.8, 4) is 5.75 Å². The molecule has 96 valence electrons. The number of thiocarbonyl (C=S) groups is 1. The molecule has 0 atom stereocenters. The van der Waals surface area contributed by atoms with Gasteiger partial charge in [-0.3, -0.25) is 5.43 Å². The third kappa shape index (κ3) is 5.45. The van der Waals surface area contributed by atoms with Gasteiger partial charge in [-0.1, -0.05) is 12.2 Å². The highest BCUT2D eigenvalue weighted by molar-refractivity contribution is 7.80. The molecule has 4 nitrogen and oxygen atoms in total. The van der Waals surface area contributed by atoms with Gasteiger partial charge in [-0.15, -0.1) is 0 Å². The maximum absolute atomic E-state index is 5.07. The van der Waals surface area contributed by atoms with Gasteiger partial charge < -0.3 is 10.1 Å². The van der Waals surface area contributed by atoms with E-state index in [1.807, 2.05) is 31.2 Å². The molecule has 0 aliphatic rings. The van der Waals surface area contributed by atoms with Crippen LogP contribution in [0.3, 0.4) is 0 Å². The molecule has 0 radical (unpaired) electrons. The highest BCUT2D eigenvalue weighted by atomic mass is 32.1. The van der Waals surface area contributed by atoms with Crippen molar-refractivity contribution >= 4 is 23.5 Å². The molecule has 0 saturated carbocycles. The van der Waals surface area contributed by atoms with Crippen LogP contribution in [0.25, 0.3) is 0 Å². The SMILES string of the molecule is C=C(C)CNC(=S)N/N=C/c1ccc(OC)cc1. The lowest BCUT2D eigenvalue weighted by Gasteiger charge is -2.05. The van der Waals surface area contributed by atoms with Crippen molar-refractivity contribution in [2.45, 2.75) is 6.92 Å². The molecule has 0 heterocycles. The smallest absolute Gasteiger partial charge is 0.187 e. The van der Waals surface area contributed by atoms with E-state index in [1.54, 1.807) is 13.3 Å². The minimum atomic E-state index is 0.475. The fraction of sp³-hybridized carbons (Fsp3) is 0.231. The molecule has 1 aromatic carbocycles. The maximum Gasteiger partial charge on any atom is 0.187 e. The molecule has 0 aliphatic heterocycles. The van der Waals surface area contributed by atoms with Gasteiger partial charge in [0, 0.05) is 6.54 Å². The van der Waals surface area contributed by atoms with Gasteiger partial charge in [-0.25, -0.2) is 0 Å². The Morgan fingerprint density at radius 3 is 2.67 bits per heavy atom. The van der Waals surface area contributed by atoms with E-state index in [1.165, 1.54) is 0 Å². The standard InChI is InChI=1S/C13H17N3OS/c1-10(2)8-14-13(18)16-15-9-11-4-6-12(17-3)7-5-11/h4-7,9H,1,8H2,2-3H3,(H2,14,16,18)/b15-9+. The van der Waals surface area contributed by atoms with Crippen LogP contribution in [0.2, 0.25) is 0 Å². The zero-order valence-corrected chi connectivity index (χ0v) is 11.4. The fourth-order valence-corrected chi connectivity index (χ4v) is 1.25. The van der Waals surface area contributed by atoms with Gasteiger partial charge in [0.15, 0.2) is 5.11 Å². The van der Waals surface area contributed by atoms with E-state index in [2.05, 4.69) is 22.4 Å². The summed E-state index contributed by atoms with van der Waals surface area (Å²) in [5, 5.41) is 7.47. The zero-order valence-electron chi connectivity index (χ0n) is 10.6. The second-order valence-corrected chi connectivity index (χ2v) is 4.19. The van der Waals surface area contributed by atoms with Crippen molar-refractivity contribution in [3.63, 3.8) is 0 Å². The molecule has 0 aromatic heterocycles. The Labute approximate surface area is 113 Å². The van der Waals surface area contributed by atoms with Crippen molar-refractivity contribution in [3.05, 3.63) is 42.0 Å². The van der Waals surface area contributed by atoms with E-state index in [0.29, 0.717) is 11.7 Å². The summed E-state index contributed by atoms with van der Waals surface area (Å²) in [5.41, 5.74) is 4.71. The molecular weight excluding hydrogens is 246 g/mol. The Kier molecular flexibility index (Phi) is 5.87. The van der Waals surface area contributed by atoms with Gasteiger partial charge in [0.25, 0.3) is 0 Å². The van der Waals surface area contributed by atoms with Gasteiger partial charge in [-0.2, -0.15) is 5.10 Å². The quantitative estimate of drug-likeness (QED) is 0.369. The summed E-state index contributed by atoms with van der Waals surface area (Å²) >= 11 is 5.03. The van der Waals surface area contributed by atoms with Gasteiger partial charge in [0.05, 0.1) is 13.3 Å². The Bertz CT molecular complexity index is 440. The number of methoxy groups -OCH3 is 1. The lowest BCUT2D eigenvalue weighted by Crippen LogP contribution is -2.32. The fourth-order valence-electron chi connectivity index (χ4n) is 1.13. The van der Waals surface area contributed by atoms with Crippen LogP contribution in [-0.4, -0.2) is 25.0 Å². The number of hydrogen-bond acceptors (Lipinski definition) is 3. The van der Waals surface area contributed by atoms with Crippen molar-refractivity contribution in [1.29, 1.82) is 0 Å². The van der Waals surface area contributed by atoms with Crippen LogP contribution < -0.4 is 15.5 Å². The normalized spacial score (nSPS) is 10.1. The second kappa shape index (κ2) is 7.45. The van der Waals surface area contributed by atoms with Crippen LogP contribution in [0, 0.1) is 0 Å². The Morgan fingerprint density at radius 1 is 1.44 bits per heavy atom. The van der Waals surface area contributed by atoms with Gasteiger partial charge in [0.2, 0.25) is 0 Å². The third-order valence-electron chi connectivity index (χ3n) is 2.05. The minimum Gasteiger partial charge on any atom is -0.497 e. The molecule has 2 N–H and O–H groups in total. The van der Waals surface area contributed by atoms with E-state index >= 15 is 0 Å². The summed E-state index contributed by atoms with van der Waals surface area (Å²) in [5.74, 6) is 0.818. The number of hydrogen-bond donors (Lipinski definition) is 2. The minimum absolute atomic E-state index is 0.475. The van der Waals surface area contributed by atoms with Crippen molar-refractivity contribution in [2.24, 2.45) is 5.10 Å². The number of nitrogens with one attached hydrogen (secondary N) is 2. The first-order valence-electron chi connectivity index (χ1n) is 5.47. The molecule has 0 aliphatic carbocycles. The topological polar surface area (TPSA) is 45.7 Å². The molecule has 5 heteroatoms. The van der Waals surface area contributed by atoms with Crippen LogP contribution in [-0.2, 0) is 0 Å². The molecule has 0 unspecified atom stereocenters. The Balaban J connectivity index is 2.39. The number of nitrogens with zero attached hydrogens (tertiary/aromatic N) is 1. The van der Waals surface area contributed by atoms with E-state index in [0.717, 1.165) is 16.9 Å². The number of rotatable bonds is 5. The predicted octanol–water partition coefficient (Wildman–Crippen LogP) is 2.07. The summed E-state index contributed by atoms with van der Waals surface area (Å²) in [6.07, 6.45) is 1.69. The first kappa shape index (κ1) is 14.2. The van der Waals surface area contributed by atoms with E-state index in [9.17, 15) is 0 Å².